The number of allylic oxidation sites excluding steroid dienone is 3. The highest BCUT2D eigenvalue weighted by molar-refractivity contribution is 5.86. The van der Waals surface area contributed by atoms with Crippen LogP contribution in [0.4, 0.5) is 0 Å². The van der Waals surface area contributed by atoms with Gasteiger partial charge in [0.2, 0.25) is 0 Å². The maximum absolute atomic E-state index is 10.4. The molecule has 0 aromatic rings. The molecule has 2 heteroatoms. The minimum atomic E-state index is 0.792. The molecular formula is C8H7NO. The Morgan fingerprint density at radius 2 is 2.50 bits per heavy atom. The number of carbonyl (C=O) groups excluding carboxylic acids is 1. The molecule has 0 fully saturated rings. The Kier molecular flexibility index (Phi) is 1.01. The molecule has 0 bridgehead atoms. The third-order valence-electron chi connectivity index (χ3n) is 1.69. The molecule has 0 aromatic heterocycles. The summed E-state index contributed by atoms with van der Waals surface area (Å²) in [7, 11) is 0. The smallest absolute Gasteiger partial charge is 0.150 e. The lowest BCUT2D eigenvalue weighted by Gasteiger charge is -1.88. The molecule has 1 N–H and O–H groups in total. The lowest BCUT2D eigenvalue weighted by molar-refractivity contribution is -0.104. The summed E-state index contributed by atoms with van der Waals surface area (Å²) in [5.41, 5.74) is 3.17. The number of fused-ring (bicyclic) bond motifs is 1. The minimum absolute atomic E-state index is 0.792. The van der Waals surface area contributed by atoms with Crippen LogP contribution in [0.3, 0.4) is 0 Å². The second-order valence-electron chi connectivity index (χ2n) is 2.37. The van der Waals surface area contributed by atoms with Crippen LogP contribution in [-0.2, 0) is 4.79 Å². The summed E-state index contributed by atoms with van der Waals surface area (Å²) in [5, 5.41) is 3.05. The van der Waals surface area contributed by atoms with Crippen molar-refractivity contribution in [3.05, 3.63) is 35.1 Å². The summed E-state index contributed by atoms with van der Waals surface area (Å²) in [6.45, 7) is 0.864. The van der Waals surface area contributed by atoms with Crippen molar-refractivity contribution in [2.75, 3.05) is 6.54 Å². The molecule has 1 aliphatic heterocycles. The zero-order valence-electron chi connectivity index (χ0n) is 5.42. The summed E-state index contributed by atoms with van der Waals surface area (Å²) < 4.78 is 0. The van der Waals surface area contributed by atoms with Crippen molar-refractivity contribution in [3.8, 4) is 0 Å². The number of rotatable bonds is 1. The normalized spacial score (nSPS) is 20.6. The van der Waals surface area contributed by atoms with E-state index in [-0.39, 0.29) is 0 Å². The lowest BCUT2D eigenvalue weighted by atomic mass is 10.2. The van der Waals surface area contributed by atoms with Gasteiger partial charge in [0.05, 0.1) is 0 Å². The predicted molar refractivity (Wildman–Crippen MR) is 38.3 cm³/mol. The number of aldehydes is 1. The van der Waals surface area contributed by atoms with E-state index in [2.05, 4.69) is 5.32 Å². The monoisotopic (exact) mass is 133 g/mol. The third-order valence-corrected chi connectivity index (χ3v) is 1.69. The molecule has 0 saturated heterocycles. The molecule has 2 nitrogen and oxygen atoms in total. The molecule has 0 amide bonds. The summed E-state index contributed by atoms with van der Waals surface area (Å²) in [4.78, 5) is 10.4. The van der Waals surface area contributed by atoms with Gasteiger partial charge in [-0.15, -0.1) is 0 Å². The number of nitrogens with one attached hydrogen (secondary N) is 1. The highest BCUT2D eigenvalue weighted by atomic mass is 16.1. The van der Waals surface area contributed by atoms with Crippen molar-refractivity contribution < 1.29 is 4.79 Å². The lowest BCUT2D eigenvalue weighted by Crippen LogP contribution is -2.03. The first-order valence-electron chi connectivity index (χ1n) is 3.22. The Balaban J connectivity index is 2.35. The summed E-state index contributed by atoms with van der Waals surface area (Å²) in [5.74, 6) is 0. The zero-order chi connectivity index (χ0) is 6.97. The zero-order valence-corrected chi connectivity index (χ0v) is 5.42. The predicted octanol–water partition coefficient (Wildman–Crippen LogP) is 0.539. The first kappa shape index (κ1) is 5.47. The standard InChI is InChI=1S/C8H7NO/c10-5-6-1-2-9-4-7-3-8(6)7/h1-3,5,9H,4H2. The topological polar surface area (TPSA) is 29.1 Å². The molecule has 1 aliphatic carbocycles. The molecule has 0 unspecified atom stereocenters. The second-order valence-corrected chi connectivity index (χ2v) is 2.37. The fourth-order valence-corrected chi connectivity index (χ4v) is 1.06. The summed E-state index contributed by atoms with van der Waals surface area (Å²) >= 11 is 0. The first-order chi connectivity index (χ1) is 4.92. The van der Waals surface area contributed by atoms with Crippen molar-refractivity contribution in [3.63, 3.8) is 0 Å². The van der Waals surface area contributed by atoms with Crippen LogP contribution in [0.2, 0.25) is 0 Å². The molecule has 0 aromatic carbocycles. The van der Waals surface area contributed by atoms with E-state index in [1.807, 2.05) is 12.3 Å². The molecule has 1 heterocycles. The number of carbonyl (C=O) groups is 1. The average molecular weight is 133 g/mol. The van der Waals surface area contributed by atoms with Crippen LogP contribution < -0.4 is 5.32 Å². The number of hydrogen-bond acceptors (Lipinski definition) is 2. The van der Waals surface area contributed by atoms with Crippen molar-refractivity contribution in [2.24, 2.45) is 0 Å². The van der Waals surface area contributed by atoms with Crippen LogP contribution >= 0.6 is 0 Å². The Hall–Kier alpha value is -1.31. The summed E-state index contributed by atoms with van der Waals surface area (Å²) in [6.07, 6.45) is 6.53. The van der Waals surface area contributed by atoms with Crippen LogP contribution in [0.1, 0.15) is 0 Å². The van der Waals surface area contributed by atoms with Gasteiger partial charge >= 0.3 is 0 Å². The highest BCUT2D eigenvalue weighted by Gasteiger charge is 2.20. The Morgan fingerprint density at radius 3 is 3.30 bits per heavy atom. The highest BCUT2D eigenvalue weighted by Crippen LogP contribution is 2.31. The van der Waals surface area contributed by atoms with Gasteiger partial charge in [0.1, 0.15) is 0 Å². The van der Waals surface area contributed by atoms with E-state index in [0.717, 1.165) is 24.0 Å². The molecule has 2 aliphatic rings. The van der Waals surface area contributed by atoms with E-state index < -0.39 is 0 Å². The molecule has 0 atom stereocenters. The van der Waals surface area contributed by atoms with E-state index in [0.29, 0.717) is 0 Å². The SMILES string of the molecule is O=CC1=C2C=C2CNC=C1. The molecule has 0 radical (unpaired) electrons. The van der Waals surface area contributed by atoms with Gasteiger partial charge in [-0.2, -0.15) is 0 Å². The maximum Gasteiger partial charge on any atom is 0.150 e. The van der Waals surface area contributed by atoms with E-state index in [1.54, 1.807) is 6.08 Å². The third kappa shape index (κ3) is 0.692. The van der Waals surface area contributed by atoms with Gasteiger partial charge in [-0.05, 0) is 29.5 Å². The van der Waals surface area contributed by atoms with E-state index in [1.165, 1.54) is 5.57 Å². The van der Waals surface area contributed by atoms with Gasteiger partial charge in [-0.25, -0.2) is 0 Å². The quantitative estimate of drug-likeness (QED) is 0.529. The fourth-order valence-electron chi connectivity index (χ4n) is 1.06. The summed E-state index contributed by atoms with van der Waals surface area (Å²) in [6, 6.07) is 0. The van der Waals surface area contributed by atoms with Crippen LogP contribution in [0, 0.1) is 0 Å². The van der Waals surface area contributed by atoms with Gasteiger partial charge in [0, 0.05) is 12.1 Å². The van der Waals surface area contributed by atoms with Crippen molar-refractivity contribution in [2.45, 2.75) is 0 Å². The van der Waals surface area contributed by atoms with Gasteiger partial charge in [-0.3, -0.25) is 4.79 Å². The van der Waals surface area contributed by atoms with E-state index >= 15 is 0 Å². The Bertz CT molecular complexity index is 271. The van der Waals surface area contributed by atoms with Crippen LogP contribution in [-0.4, -0.2) is 12.8 Å². The van der Waals surface area contributed by atoms with Crippen LogP contribution in [0.15, 0.2) is 35.1 Å². The van der Waals surface area contributed by atoms with Crippen LogP contribution in [0.25, 0.3) is 0 Å². The Labute approximate surface area is 58.9 Å². The molecule has 10 heavy (non-hydrogen) atoms. The van der Waals surface area contributed by atoms with Crippen molar-refractivity contribution in [1.82, 2.24) is 5.32 Å². The van der Waals surface area contributed by atoms with Crippen LogP contribution in [0.5, 0.6) is 0 Å². The molecule has 0 saturated carbocycles. The van der Waals surface area contributed by atoms with Gasteiger partial charge < -0.3 is 5.32 Å². The molecule has 0 spiro atoms. The van der Waals surface area contributed by atoms with Crippen molar-refractivity contribution >= 4 is 6.29 Å². The first-order valence-corrected chi connectivity index (χ1v) is 3.22. The second kappa shape index (κ2) is 1.84. The largest absolute Gasteiger partial charge is 0.387 e. The van der Waals surface area contributed by atoms with Gasteiger partial charge in [0.15, 0.2) is 6.29 Å². The van der Waals surface area contributed by atoms with E-state index in [9.17, 15) is 4.79 Å². The maximum atomic E-state index is 10.4. The minimum Gasteiger partial charge on any atom is -0.387 e. The number of hydrogen-bond donors (Lipinski definition) is 1. The van der Waals surface area contributed by atoms with Crippen molar-refractivity contribution in [1.29, 1.82) is 0 Å². The Morgan fingerprint density at radius 1 is 1.60 bits per heavy atom. The van der Waals surface area contributed by atoms with E-state index in [4.69, 9.17) is 0 Å². The van der Waals surface area contributed by atoms with Gasteiger partial charge in [-0.1, -0.05) is 0 Å². The molecular weight excluding hydrogens is 126 g/mol. The average Bonchev–Trinajstić information content (AvgIpc) is 2.63. The molecule has 50 valence electrons. The molecule has 2 rings (SSSR count). The van der Waals surface area contributed by atoms with Gasteiger partial charge in [0.25, 0.3) is 0 Å². The fraction of sp³-hybridized carbons (Fsp3) is 0.125.